The minimum absolute atomic E-state index is 0.368. The first-order valence-electron chi connectivity index (χ1n) is 5.47. The summed E-state index contributed by atoms with van der Waals surface area (Å²) in [5.41, 5.74) is 2.89. The number of phenols is 1. The SMILES string of the molecule is CCCC(C)c1c(C)c(Cl)cc(C)c1O. The van der Waals surface area contributed by atoms with Crippen LogP contribution in [0.3, 0.4) is 0 Å². The van der Waals surface area contributed by atoms with E-state index >= 15 is 0 Å². The maximum atomic E-state index is 10.0. The molecule has 1 atom stereocenters. The van der Waals surface area contributed by atoms with E-state index < -0.39 is 0 Å². The zero-order valence-electron chi connectivity index (χ0n) is 9.89. The van der Waals surface area contributed by atoms with Gasteiger partial charge in [0, 0.05) is 10.6 Å². The highest BCUT2D eigenvalue weighted by molar-refractivity contribution is 6.31. The van der Waals surface area contributed by atoms with Crippen molar-refractivity contribution in [3.8, 4) is 5.75 Å². The summed E-state index contributed by atoms with van der Waals surface area (Å²) in [6.07, 6.45) is 2.19. The summed E-state index contributed by atoms with van der Waals surface area (Å²) in [4.78, 5) is 0. The standard InChI is InChI=1S/C13H19ClO/c1-5-6-8(2)12-10(4)11(14)7-9(3)13(12)15/h7-8,15H,5-6H2,1-4H3. The van der Waals surface area contributed by atoms with Crippen LogP contribution in [-0.4, -0.2) is 5.11 Å². The lowest BCUT2D eigenvalue weighted by atomic mass is 9.90. The second-order valence-corrected chi connectivity index (χ2v) is 4.66. The molecule has 15 heavy (non-hydrogen) atoms. The van der Waals surface area contributed by atoms with Gasteiger partial charge in [-0.05, 0) is 43.4 Å². The number of halogens is 1. The molecule has 2 heteroatoms. The van der Waals surface area contributed by atoms with Crippen molar-refractivity contribution in [3.05, 3.63) is 27.8 Å². The van der Waals surface area contributed by atoms with E-state index in [0.29, 0.717) is 11.7 Å². The Labute approximate surface area is 97.1 Å². The van der Waals surface area contributed by atoms with Crippen LogP contribution >= 0.6 is 11.6 Å². The van der Waals surface area contributed by atoms with Crippen LogP contribution in [-0.2, 0) is 0 Å². The zero-order chi connectivity index (χ0) is 11.6. The first-order chi connectivity index (χ1) is 6.99. The van der Waals surface area contributed by atoms with Crippen LogP contribution in [0.15, 0.2) is 6.07 Å². The molecule has 1 nitrogen and oxygen atoms in total. The summed E-state index contributed by atoms with van der Waals surface area (Å²) in [5.74, 6) is 0.783. The number of aromatic hydroxyl groups is 1. The van der Waals surface area contributed by atoms with Gasteiger partial charge in [-0.25, -0.2) is 0 Å². The summed E-state index contributed by atoms with van der Waals surface area (Å²) in [5, 5.41) is 10.8. The number of rotatable bonds is 3. The van der Waals surface area contributed by atoms with E-state index in [-0.39, 0.29) is 0 Å². The van der Waals surface area contributed by atoms with Crippen LogP contribution in [0.1, 0.15) is 49.3 Å². The largest absolute Gasteiger partial charge is 0.507 e. The molecule has 0 radical (unpaired) electrons. The third-order valence-corrected chi connectivity index (χ3v) is 3.34. The molecule has 0 amide bonds. The predicted octanol–water partition coefficient (Wildman–Crippen LogP) is 4.57. The molecule has 0 aromatic heterocycles. The fourth-order valence-electron chi connectivity index (χ4n) is 2.07. The maximum Gasteiger partial charge on any atom is 0.122 e. The Bertz CT molecular complexity index is 332. The quantitative estimate of drug-likeness (QED) is 0.801. The average Bonchev–Trinajstić information content (AvgIpc) is 2.16. The van der Waals surface area contributed by atoms with E-state index in [2.05, 4.69) is 13.8 Å². The van der Waals surface area contributed by atoms with Crippen molar-refractivity contribution in [3.63, 3.8) is 0 Å². The Kier molecular flexibility index (Phi) is 4.04. The van der Waals surface area contributed by atoms with Crippen molar-refractivity contribution in [2.24, 2.45) is 0 Å². The van der Waals surface area contributed by atoms with Gasteiger partial charge in [0.25, 0.3) is 0 Å². The van der Waals surface area contributed by atoms with Crippen LogP contribution in [0.2, 0.25) is 5.02 Å². The third kappa shape index (κ3) is 2.46. The molecule has 0 aliphatic heterocycles. The molecule has 0 aliphatic rings. The van der Waals surface area contributed by atoms with E-state index in [4.69, 9.17) is 11.6 Å². The highest BCUT2D eigenvalue weighted by Gasteiger charge is 2.16. The smallest absolute Gasteiger partial charge is 0.122 e. The number of hydrogen-bond donors (Lipinski definition) is 1. The Hall–Kier alpha value is -0.690. The van der Waals surface area contributed by atoms with Crippen molar-refractivity contribution in [2.75, 3.05) is 0 Å². The van der Waals surface area contributed by atoms with E-state index in [1.807, 2.05) is 19.9 Å². The first kappa shape index (κ1) is 12.4. The summed E-state index contributed by atoms with van der Waals surface area (Å²) in [7, 11) is 0. The van der Waals surface area contributed by atoms with E-state index in [1.54, 1.807) is 0 Å². The number of benzene rings is 1. The lowest BCUT2D eigenvalue weighted by molar-refractivity contribution is 0.455. The molecular weight excluding hydrogens is 208 g/mol. The number of phenolic OH excluding ortho intramolecular Hbond substituents is 1. The molecule has 84 valence electrons. The summed E-state index contributed by atoms with van der Waals surface area (Å²) in [6, 6.07) is 1.83. The molecule has 0 fully saturated rings. The van der Waals surface area contributed by atoms with Gasteiger partial charge < -0.3 is 5.11 Å². The van der Waals surface area contributed by atoms with E-state index in [1.165, 1.54) is 0 Å². The van der Waals surface area contributed by atoms with Crippen LogP contribution in [0.4, 0.5) is 0 Å². The van der Waals surface area contributed by atoms with Crippen molar-refractivity contribution < 1.29 is 5.11 Å². The van der Waals surface area contributed by atoms with Gasteiger partial charge in [0.2, 0.25) is 0 Å². The van der Waals surface area contributed by atoms with Gasteiger partial charge in [0.1, 0.15) is 5.75 Å². The second-order valence-electron chi connectivity index (χ2n) is 4.25. The van der Waals surface area contributed by atoms with Crippen molar-refractivity contribution >= 4 is 11.6 Å². The second kappa shape index (κ2) is 4.89. The molecule has 0 spiro atoms. The van der Waals surface area contributed by atoms with Crippen molar-refractivity contribution in [2.45, 2.75) is 46.5 Å². The fraction of sp³-hybridized carbons (Fsp3) is 0.538. The van der Waals surface area contributed by atoms with Crippen LogP contribution < -0.4 is 0 Å². The average molecular weight is 227 g/mol. The Morgan fingerprint density at radius 1 is 1.40 bits per heavy atom. The molecule has 1 N–H and O–H groups in total. The number of hydrogen-bond acceptors (Lipinski definition) is 1. The Morgan fingerprint density at radius 2 is 2.00 bits per heavy atom. The van der Waals surface area contributed by atoms with Crippen LogP contribution in [0.5, 0.6) is 5.75 Å². The highest BCUT2D eigenvalue weighted by Crippen LogP contribution is 2.37. The fourth-order valence-corrected chi connectivity index (χ4v) is 2.33. The van der Waals surface area contributed by atoms with Gasteiger partial charge >= 0.3 is 0 Å². The lowest BCUT2D eigenvalue weighted by Gasteiger charge is -2.18. The first-order valence-corrected chi connectivity index (χ1v) is 5.85. The molecular formula is C13H19ClO. The molecule has 0 heterocycles. The Balaban J connectivity index is 3.26. The zero-order valence-corrected chi connectivity index (χ0v) is 10.7. The van der Waals surface area contributed by atoms with E-state index in [0.717, 1.165) is 34.6 Å². The summed E-state index contributed by atoms with van der Waals surface area (Å²) < 4.78 is 0. The van der Waals surface area contributed by atoms with Crippen molar-refractivity contribution in [1.29, 1.82) is 0 Å². The Morgan fingerprint density at radius 3 is 2.53 bits per heavy atom. The van der Waals surface area contributed by atoms with Gasteiger partial charge in [0.05, 0.1) is 0 Å². The van der Waals surface area contributed by atoms with Crippen LogP contribution in [0.25, 0.3) is 0 Å². The van der Waals surface area contributed by atoms with Gasteiger partial charge in [-0.2, -0.15) is 0 Å². The minimum Gasteiger partial charge on any atom is -0.507 e. The molecule has 0 bridgehead atoms. The normalized spacial score (nSPS) is 12.9. The molecule has 0 saturated heterocycles. The van der Waals surface area contributed by atoms with Crippen molar-refractivity contribution in [1.82, 2.24) is 0 Å². The molecule has 1 unspecified atom stereocenters. The van der Waals surface area contributed by atoms with Gasteiger partial charge in [-0.1, -0.05) is 31.9 Å². The molecule has 0 saturated carbocycles. The monoisotopic (exact) mass is 226 g/mol. The number of aryl methyl sites for hydroxylation is 1. The maximum absolute atomic E-state index is 10.0. The lowest BCUT2D eigenvalue weighted by Crippen LogP contribution is -1.99. The molecule has 1 rings (SSSR count). The predicted molar refractivity (Wildman–Crippen MR) is 65.9 cm³/mol. The molecule has 0 aliphatic carbocycles. The van der Waals surface area contributed by atoms with Crippen LogP contribution in [0, 0.1) is 13.8 Å². The molecule has 1 aromatic carbocycles. The third-order valence-electron chi connectivity index (χ3n) is 2.95. The van der Waals surface area contributed by atoms with Gasteiger partial charge in [-0.15, -0.1) is 0 Å². The topological polar surface area (TPSA) is 20.2 Å². The highest BCUT2D eigenvalue weighted by atomic mass is 35.5. The summed E-state index contributed by atoms with van der Waals surface area (Å²) in [6.45, 7) is 8.16. The van der Waals surface area contributed by atoms with Gasteiger partial charge in [-0.3, -0.25) is 0 Å². The minimum atomic E-state index is 0.368. The molecule has 1 aromatic rings. The van der Waals surface area contributed by atoms with Gasteiger partial charge in [0.15, 0.2) is 0 Å². The summed E-state index contributed by atoms with van der Waals surface area (Å²) >= 11 is 6.12. The van der Waals surface area contributed by atoms with E-state index in [9.17, 15) is 5.11 Å².